The van der Waals surface area contributed by atoms with E-state index in [2.05, 4.69) is 26.0 Å². The minimum Gasteiger partial charge on any atom is -0.300 e. The van der Waals surface area contributed by atoms with Gasteiger partial charge in [-0.05, 0) is 31.3 Å². The second-order valence-corrected chi connectivity index (χ2v) is 4.03. The van der Waals surface area contributed by atoms with E-state index < -0.39 is 0 Å². The Morgan fingerprint density at radius 3 is 2.83 bits per heavy atom. The second kappa shape index (κ2) is 2.58. The molecular formula is C11H14O. The van der Waals surface area contributed by atoms with Crippen molar-refractivity contribution in [2.45, 2.75) is 26.7 Å². The van der Waals surface area contributed by atoms with Gasteiger partial charge in [0.25, 0.3) is 0 Å². The highest BCUT2D eigenvalue weighted by Crippen LogP contribution is 2.42. The summed E-state index contributed by atoms with van der Waals surface area (Å²) in [4.78, 5) is 11.2. The van der Waals surface area contributed by atoms with Crippen molar-refractivity contribution in [2.75, 3.05) is 0 Å². The van der Waals surface area contributed by atoms with Gasteiger partial charge >= 0.3 is 0 Å². The zero-order chi connectivity index (χ0) is 8.72. The molecule has 1 fully saturated rings. The van der Waals surface area contributed by atoms with Gasteiger partial charge in [-0.2, -0.15) is 0 Å². The molecule has 12 heavy (non-hydrogen) atoms. The summed E-state index contributed by atoms with van der Waals surface area (Å²) in [5.41, 5.74) is 2.78. The molecule has 0 spiro atoms. The highest BCUT2D eigenvalue weighted by Gasteiger charge is 2.36. The van der Waals surface area contributed by atoms with Crippen molar-refractivity contribution in [1.82, 2.24) is 0 Å². The van der Waals surface area contributed by atoms with Crippen molar-refractivity contribution in [3.8, 4) is 0 Å². The van der Waals surface area contributed by atoms with Gasteiger partial charge in [0.05, 0.1) is 0 Å². The van der Waals surface area contributed by atoms with Gasteiger partial charge in [-0.3, -0.25) is 4.79 Å². The van der Waals surface area contributed by atoms with Crippen LogP contribution in [0.3, 0.4) is 0 Å². The molecule has 0 aromatic carbocycles. The number of hydrogen-bond acceptors (Lipinski definition) is 1. The molecule has 0 heterocycles. The molecule has 0 radical (unpaired) electrons. The molecule has 1 saturated carbocycles. The molecule has 2 aliphatic rings. The Hall–Kier alpha value is -0.850. The fourth-order valence-corrected chi connectivity index (χ4v) is 2.32. The van der Waals surface area contributed by atoms with Gasteiger partial charge in [-0.25, -0.2) is 0 Å². The average Bonchev–Trinajstić information content (AvgIpc) is 2.43. The third-order valence-electron chi connectivity index (χ3n) is 2.93. The maximum atomic E-state index is 11.2. The van der Waals surface area contributed by atoms with E-state index in [1.54, 1.807) is 0 Å². The molecular weight excluding hydrogens is 148 g/mol. The van der Waals surface area contributed by atoms with Crippen molar-refractivity contribution >= 4 is 5.78 Å². The Bertz CT molecular complexity index is 279. The summed E-state index contributed by atoms with van der Waals surface area (Å²) in [7, 11) is 0. The van der Waals surface area contributed by atoms with Crippen LogP contribution in [0.15, 0.2) is 23.3 Å². The summed E-state index contributed by atoms with van der Waals surface area (Å²) >= 11 is 0. The molecule has 2 unspecified atom stereocenters. The number of Topliss-reactive ketones (excluding diaryl/α,β-unsaturated/α-hetero) is 1. The minimum absolute atomic E-state index is 0.438. The molecule has 0 N–H and O–H groups in total. The lowest BCUT2D eigenvalue weighted by atomic mass is 9.93. The highest BCUT2D eigenvalue weighted by atomic mass is 16.1. The summed E-state index contributed by atoms with van der Waals surface area (Å²) < 4.78 is 0. The van der Waals surface area contributed by atoms with E-state index in [9.17, 15) is 4.79 Å². The summed E-state index contributed by atoms with van der Waals surface area (Å²) in [6, 6.07) is 0. The van der Waals surface area contributed by atoms with Crippen LogP contribution in [0.5, 0.6) is 0 Å². The van der Waals surface area contributed by atoms with Crippen LogP contribution in [0, 0.1) is 11.8 Å². The molecule has 2 atom stereocenters. The molecule has 1 nitrogen and oxygen atoms in total. The zero-order valence-electron chi connectivity index (χ0n) is 7.63. The average molecular weight is 162 g/mol. The number of carbonyl (C=O) groups is 1. The topological polar surface area (TPSA) is 17.1 Å². The van der Waals surface area contributed by atoms with E-state index in [-0.39, 0.29) is 0 Å². The predicted molar refractivity (Wildman–Crippen MR) is 48.7 cm³/mol. The number of fused-ring (bicyclic) bond motifs is 1. The van der Waals surface area contributed by atoms with Gasteiger partial charge in [-0.1, -0.05) is 17.7 Å². The van der Waals surface area contributed by atoms with Gasteiger partial charge < -0.3 is 0 Å². The second-order valence-electron chi connectivity index (χ2n) is 4.03. The maximum absolute atomic E-state index is 11.2. The number of hydrogen-bond donors (Lipinski definition) is 0. The lowest BCUT2D eigenvalue weighted by molar-refractivity contribution is -0.117. The SMILES string of the molecule is CC(C)=C1C=CC2CC(=O)CC12. The van der Waals surface area contributed by atoms with E-state index in [0.29, 0.717) is 17.6 Å². The standard InChI is InChI=1S/C11H14O/c1-7(2)10-4-3-8-5-9(12)6-11(8)10/h3-4,8,11H,5-6H2,1-2H3. The van der Waals surface area contributed by atoms with Crippen LogP contribution >= 0.6 is 0 Å². The first kappa shape index (κ1) is 7.78. The van der Waals surface area contributed by atoms with Crippen LogP contribution in [-0.4, -0.2) is 5.78 Å². The van der Waals surface area contributed by atoms with Gasteiger partial charge in [0.2, 0.25) is 0 Å². The highest BCUT2D eigenvalue weighted by molar-refractivity contribution is 5.83. The van der Waals surface area contributed by atoms with Gasteiger partial charge in [-0.15, -0.1) is 0 Å². The first-order valence-electron chi connectivity index (χ1n) is 4.56. The summed E-state index contributed by atoms with van der Waals surface area (Å²) in [5.74, 6) is 1.50. The van der Waals surface area contributed by atoms with Crippen molar-refractivity contribution in [1.29, 1.82) is 0 Å². The van der Waals surface area contributed by atoms with Crippen LogP contribution in [-0.2, 0) is 4.79 Å². The van der Waals surface area contributed by atoms with Crippen molar-refractivity contribution < 1.29 is 4.79 Å². The molecule has 0 aromatic rings. The Balaban J connectivity index is 2.30. The Labute approximate surface area is 73.2 Å². The van der Waals surface area contributed by atoms with Crippen molar-refractivity contribution in [3.63, 3.8) is 0 Å². The summed E-state index contributed by atoms with van der Waals surface area (Å²) in [6.07, 6.45) is 5.96. The molecule has 2 rings (SSSR count). The van der Waals surface area contributed by atoms with Crippen LogP contribution < -0.4 is 0 Å². The van der Waals surface area contributed by atoms with Gasteiger partial charge in [0, 0.05) is 12.8 Å². The molecule has 64 valence electrons. The fourth-order valence-electron chi connectivity index (χ4n) is 2.32. The van der Waals surface area contributed by atoms with E-state index in [4.69, 9.17) is 0 Å². The molecule has 0 aliphatic heterocycles. The first-order valence-corrected chi connectivity index (χ1v) is 4.56. The van der Waals surface area contributed by atoms with Gasteiger partial charge in [0.15, 0.2) is 0 Å². The lowest BCUT2D eigenvalue weighted by Gasteiger charge is -2.10. The number of rotatable bonds is 0. The first-order chi connectivity index (χ1) is 5.68. The zero-order valence-corrected chi connectivity index (χ0v) is 7.63. The third kappa shape index (κ3) is 1.04. The minimum atomic E-state index is 0.438. The third-order valence-corrected chi connectivity index (χ3v) is 2.93. The van der Waals surface area contributed by atoms with E-state index >= 15 is 0 Å². The number of ketones is 1. The predicted octanol–water partition coefficient (Wildman–Crippen LogP) is 2.49. The number of carbonyl (C=O) groups excluding carboxylic acids is 1. The van der Waals surface area contributed by atoms with Crippen molar-refractivity contribution in [3.05, 3.63) is 23.3 Å². The summed E-state index contributed by atoms with van der Waals surface area (Å²) in [5, 5.41) is 0. The normalized spacial score (nSPS) is 32.8. The van der Waals surface area contributed by atoms with Crippen LogP contribution in [0.1, 0.15) is 26.7 Å². The monoisotopic (exact) mass is 162 g/mol. The summed E-state index contributed by atoms with van der Waals surface area (Å²) in [6.45, 7) is 4.26. The molecule has 0 bridgehead atoms. The fraction of sp³-hybridized carbons (Fsp3) is 0.545. The maximum Gasteiger partial charge on any atom is 0.134 e. The molecule has 0 amide bonds. The van der Waals surface area contributed by atoms with Crippen LogP contribution in [0.25, 0.3) is 0 Å². The molecule has 2 aliphatic carbocycles. The quantitative estimate of drug-likeness (QED) is 0.535. The van der Waals surface area contributed by atoms with Crippen LogP contribution in [0.2, 0.25) is 0 Å². The van der Waals surface area contributed by atoms with E-state index in [0.717, 1.165) is 12.8 Å². The molecule has 0 saturated heterocycles. The Morgan fingerprint density at radius 1 is 1.42 bits per heavy atom. The molecule has 1 heteroatoms. The lowest BCUT2D eigenvalue weighted by Crippen LogP contribution is -2.01. The Kier molecular flexibility index (Phi) is 1.67. The largest absolute Gasteiger partial charge is 0.300 e. The van der Waals surface area contributed by atoms with Crippen molar-refractivity contribution in [2.24, 2.45) is 11.8 Å². The van der Waals surface area contributed by atoms with Crippen LogP contribution in [0.4, 0.5) is 0 Å². The molecule has 0 aromatic heterocycles. The van der Waals surface area contributed by atoms with Gasteiger partial charge in [0.1, 0.15) is 5.78 Å². The van der Waals surface area contributed by atoms with E-state index in [1.807, 2.05) is 0 Å². The Morgan fingerprint density at radius 2 is 2.17 bits per heavy atom. The number of allylic oxidation sites excluding steroid dienone is 4. The smallest absolute Gasteiger partial charge is 0.134 e. The van der Waals surface area contributed by atoms with E-state index in [1.165, 1.54) is 11.1 Å².